The van der Waals surface area contributed by atoms with E-state index in [4.69, 9.17) is 16.3 Å². The second kappa shape index (κ2) is 11.6. The minimum absolute atomic E-state index is 0.0436. The molecule has 15 nitrogen and oxygen atoms in total. The molecule has 42 heavy (non-hydrogen) atoms. The lowest BCUT2D eigenvalue weighted by Gasteiger charge is -2.53. The van der Waals surface area contributed by atoms with Crippen molar-refractivity contribution in [2.24, 2.45) is 17.6 Å². The number of amides is 2. The van der Waals surface area contributed by atoms with Crippen molar-refractivity contribution in [1.82, 2.24) is 20.2 Å². The van der Waals surface area contributed by atoms with Crippen LogP contribution in [0.4, 0.5) is 10.9 Å². The van der Waals surface area contributed by atoms with Gasteiger partial charge in [0.05, 0.1) is 13.2 Å². The van der Waals surface area contributed by atoms with Crippen molar-refractivity contribution in [2.75, 3.05) is 29.5 Å². The van der Waals surface area contributed by atoms with Gasteiger partial charge in [-0.3, -0.25) is 14.4 Å². The molecule has 2 saturated heterocycles. The van der Waals surface area contributed by atoms with Crippen LogP contribution < -0.4 is 21.4 Å². The molecule has 4 heterocycles. The molecular weight excluding hydrogens is 609 g/mol. The summed E-state index contributed by atoms with van der Waals surface area (Å²) in [7, 11) is 1.78. The molecule has 1 saturated carbocycles. The number of thiazole rings is 1. The van der Waals surface area contributed by atoms with E-state index in [0.717, 1.165) is 11.3 Å². The van der Waals surface area contributed by atoms with Gasteiger partial charge >= 0.3 is 17.1 Å². The van der Waals surface area contributed by atoms with Crippen molar-refractivity contribution in [2.45, 2.75) is 47.9 Å². The third-order valence-corrected chi connectivity index (χ3v) is 11.0. The standard InChI is InChI=1S/C24H28N8O7S3/c1-31-7-4-13(25)28-22(31)42-11-23(19(35)36)9-32-17(34)15(18(32)41-10-23)29-16(33)14(12-8-40-21(26)27-12)30-39-24(20(37)38)5-2-3-6-24/h4,7-8,15,18,25H,2-3,5-6,9-11H2,1H3,(H5,26,27,29,33,35,36,37,38)/p+1/t15?,18-,23?/m1/s1. The summed E-state index contributed by atoms with van der Waals surface area (Å²) in [5, 5.41) is 28.1. The Bertz CT molecular complexity index is 1460. The lowest BCUT2D eigenvalue weighted by Crippen LogP contribution is -2.74. The van der Waals surface area contributed by atoms with Gasteiger partial charge in [0, 0.05) is 42.3 Å². The monoisotopic (exact) mass is 637 g/mol. The summed E-state index contributed by atoms with van der Waals surface area (Å²) >= 11 is 3.56. The number of anilines is 2. The Morgan fingerprint density at radius 3 is 2.64 bits per heavy atom. The maximum absolute atomic E-state index is 13.4. The summed E-state index contributed by atoms with van der Waals surface area (Å²) < 4.78 is 1.74. The lowest BCUT2D eigenvalue weighted by atomic mass is 9.89. The van der Waals surface area contributed by atoms with Gasteiger partial charge in [-0.1, -0.05) is 5.16 Å². The van der Waals surface area contributed by atoms with Crippen LogP contribution in [0.2, 0.25) is 0 Å². The molecule has 3 aliphatic rings. The smallest absolute Gasteiger partial charge is 0.361 e. The first-order valence-corrected chi connectivity index (χ1v) is 15.8. The molecule has 3 fully saturated rings. The van der Waals surface area contributed by atoms with E-state index in [2.05, 4.69) is 20.4 Å². The Hall–Kier alpha value is -3.64. The Morgan fingerprint density at radius 2 is 2.00 bits per heavy atom. The third kappa shape index (κ3) is 5.57. The first-order chi connectivity index (χ1) is 19.9. The van der Waals surface area contributed by atoms with Gasteiger partial charge in [0.25, 0.3) is 5.91 Å². The summed E-state index contributed by atoms with van der Waals surface area (Å²) in [6, 6.07) is 0.687. The Kier molecular flexibility index (Phi) is 8.21. The number of fused-ring (bicyclic) bond motifs is 1. The molecule has 2 amide bonds. The molecule has 0 radical (unpaired) electrons. The summed E-state index contributed by atoms with van der Waals surface area (Å²) in [6.45, 7) is -0.0436. The van der Waals surface area contributed by atoms with Gasteiger partial charge in [0.2, 0.25) is 17.3 Å². The van der Waals surface area contributed by atoms with E-state index < -0.39 is 46.2 Å². The van der Waals surface area contributed by atoms with Gasteiger partial charge in [0.1, 0.15) is 22.5 Å². The van der Waals surface area contributed by atoms with Gasteiger partial charge < -0.3 is 36.7 Å². The highest BCUT2D eigenvalue weighted by atomic mass is 32.2. The highest BCUT2D eigenvalue weighted by molar-refractivity contribution is 8.00. The SMILES string of the molecule is C[n+]1ccc(N)nc1SCC1(C(=O)O)CS[C@@H]2C(NC(=O)C(=NOC3(C(=O)O)CCCC3)c3csc(N)n3)C(=O)N2C1. The van der Waals surface area contributed by atoms with Crippen LogP contribution in [-0.2, 0) is 31.1 Å². The molecule has 18 heteroatoms. The summed E-state index contributed by atoms with van der Waals surface area (Å²) in [5.41, 5.74) is 8.51. The molecule has 3 atom stereocenters. The zero-order chi connectivity index (χ0) is 30.2. The molecule has 2 aromatic rings. The molecule has 5 rings (SSSR count). The number of carboxylic acid groups (broad SMARTS) is 2. The molecule has 1 aliphatic carbocycles. The van der Waals surface area contributed by atoms with Crippen molar-refractivity contribution in [1.29, 1.82) is 0 Å². The van der Waals surface area contributed by atoms with Gasteiger partial charge in [-0.25, -0.2) is 14.3 Å². The van der Waals surface area contributed by atoms with E-state index in [1.165, 1.54) is 33.8 Å². The van der Waals surface area contributed by atoms with Crippen LogP contribution in [0.5, 0.6) is 0 Å². The molecule has 0 bridgehead atoms. The number of hydrogen-bond donors (Lipinski definition) is 5. The third-order valence-electron chi connectivity index (χ3n) is 7.45. The van der Waals surface area contributed by atoms with Crippen LogP contribution in [0.25, 0.3) is 0 Å². The van der Waals surface area contributed by atoms with Gasteiger partial charge in [-0.05, 0) is 29.6 Å². The quantitative estimate of drug-likeness (QED) is 0.0574. The first-order valence-electron chi connectivity index (χ1n) is 12.9. The fraction of sp³-hybridized carbons (Fsp3) is 0.500. The number of β-lactam (4-membered cyclic amide) rings is 1. The topological polar surface area (TPSA) is 227 Å². The molecule has 224 valence electrons. The summed E-state index contributed by atoms with van der Waals surface area (Å²) in [4.78, 5) is 66.1. The van der Waals surface area contributed by atoms with Crippen LogP contribution in [0.15, 0.2) is 28.0 Å². The molecule has 0 aromatic carbocycles. The Labute approximate surface area is 252 Å². The number of nitrogen functional groups attached to an aromatic ring is 2. The molecule has 0 spiro atoms. The number of aromatic nitrogens is 3. The molecule has 2 aliphatic heterocycles. The van der Waals surface area contributed by atoms with Gasteiger partial charge in [0.15, 0.2) is 10.8 Å². The molecule has 7 N–H and O–H groups in total. The van der Waals surface area contributed by atoms with Crippen LogP contribution in [0.1, 0.15) is 31.4 Å². The number of nitrogens with zero attached hydrogens (tertiary/aromatic N) is 5. The normalized spacial score (nSPS) is 24.9. The maximum Gasteiger partial charge on any atom is 0.361 e. The number of rotatable bonds is 10. The van der Waals surface area contributed by atoms with Crippen molar-refractivity contribution in [3.05, 3.63) is 23.3 Å². The fourth-order valence-corrected chi connectivity index (χ4v) is 8.33. The summed E-state index contributed by atoms with van der Waals surface area (Å²) in [5.74, 6) is -2.80. The number of carbonyl (C=O) groups is 4. The minimum Gasteiger partial charge on any atom is -0.481 e. The predicted octanol–water partition coefficient (Wildman–Crippen LogP) is -0.0917. The largest absolute Gasteiger partial charge is 0.481 e. The van der Waals surface area contributed by atoms with Crippen molar-refractivity contribution < 1.29 is 38.8 Å². The van der Waals surface area contributed by atoms with E-state index in [9.17, 15) is 29.4 Å². The van der Waals surface area contributed by atoms with E-state index in [-0.39, 0.29) is 47.4 Å². The zero-order valence-electron chi connectivity index (χ0n) is 22.4. The highest BCUT2D eigenvalue weighted by Crippen LogP contribution is 2.44. The van der Waals surface area contributed by atoms with Crippen molar-refractivity contribution in [3.8, 4) is 0 Å². The lowest BCUT2D eigenvalue weighted by molar-refractivity contribution is -0.713. The van der Waals surface area contributed by atoms with Crippen LogP contribution in [-0.4, -0.2) is 89.6 Å². The van der Waals surface area contributed by atoms with E-state index >= 15 is 0 Å². The number of aliphatic carboxylic acids is 2. The van der Waals surface area contributed by atoms with Crippen molar-refractivity contribution in [3.63, 3.8) is 0 Å². The average Bonchev–Trinajstić information content (AvgIpc) is 3.62. The van der Waals surface area contributed by atoms with E-state index in [1.807, 2.05) is 0 Å². The number of carbonyl (C=O) groups excluding carboxylic acids is 2. The molecule has 2 aromatic heterocycles. The van der Waals surface area contributed by atoms with E-state index in [0.29, 0.717) is 23.8 Å². The number of aryl methyl sites for hydroxylation is 1. The number of nitrogens with two attached hydrogens (primary N) is 2. The summed E-state index contributed by atoms with van der Waals surface area (Å²) in [6.07, 6.45) is 3.49. The zero-order valence-corrected chi connectivity index (χ0v) is 24.8. The number of nitrogens with one attached hydrogen (secondary N) is 1. The maximum atomic E-state index is 13.4. The van der Waals surface area contributed by atoms with Crippen LogP contribution in [0, 0.1) is 5.41 Å². The Morgan fingerprint density at radius 1 is 1.26 bits per heavy atom. The van der Waals surface area contributed by atoms with E-state index in [1.54, 1.807) is 23.9 Å². The highest BCUT2D eigenvalue weighted by Gasteiger charge is 2.58. The predicted molar refractivity (Wildman–Crippen MR) is 153 cm³/mol. The van der Waals surface area contributed by atoms with Gasteiger partial charge in [-0.2, -0.15) is 0 Å². The van der Waals surface area contributed by atoms with Crippen LogP contribution in [0.3, 0.4) is 0 Å². The van der Waals surface area contributed by atoms with Crippen molar-refractivity contribution >= 4 is 75.3 Å². The second-order valence-corrected chi connectivity index (χ2v) is 13.3. The molecular formula is C24H29N8O7S3+. The minimum atomic E-state index is -1.55. The van der Waals surface area contributed by atoms with Gasteiger partial charge in [-0.15, -0.1) is 23.1 Å². The number of hydrogen-bond acceptors (Lipinski definition) is 13. The number of oxime groups is 1. The fourth-order valence-electron chi connectivity index (χ4n) is 4.96. The molecule has 2 unspecified atom stereocenters. The number of carboxylic acids is 2. The Balaban J connectivity index is 1.29. The average molecular weight is 638 g/mol. The second-order valence-electron chi connectivity index (χ2n) is 10.3. The van der Waals surface area contributed by atoms with Crippen LogP contribution >= 0.6 is 34.9 Å². The number of thioether (sulfide) groups is 2. The first kappa shape index (κ1) is 29.8.